The first-order valence-corrected chi connectivity index (χ1v) is 10.9. The number of carbonyl (C=O) groups is 1. The van der Waals surface area contributed by atoms with Gasteiger partial charge in [-0.3, -0.25) is 9.69 Å². The van der Waals surface area contributed by atoms with Crippen molar-refractivity contribution in [1.82, 2.24) is 4.98 Å². The van der Waals surface area contributed by atoms with E-state index in [9.17, 15) is 4.79 Å². The minimum atomic E-state index is 0.117. The minimum Gasteiger partial charge on any atom is -0.334 e. The molecule has 28 heavy (non-hydrogen) atoms. The number of thiazole rings is 1. The Morgan fingerprint density at radius 3 is 2.50 bits per heavy atom. The van der Waals surface area contributed by atoms with E-state index < -0.39 is 0 Å². The fourth-order valence-corrected chi connectivity index (χ4v) is 4.61. The number of hydrogen-bond donors (Lipinski definition) is 1. The number of amides is 1. The summed E-state index contributed by atoms with van der Waals surface area (Å²) in [6, 6.07) is 14.3. The van der Waals surface area contributed by atoms with Gasteiger partial charge in [-0.2, -0.15) is 0 Å². The quantitative estimate of drug-likeness (QED) is 0.634. The van der Waals surface area contributed by atoms with Crippen LogP contribution in [-0.2, 0) is 11.2 Å². The van der Waals surface area contributed by atoms with Gasteiger partial charge in [-0.25, -0.2) is 4.98 Å². The Morgan fingerprint density at radius 2 is 1.82 bits per heavy atom. The Labute approximate surface area is 171 Å². The van der Waals surface area contributed by atoms with E-state index in [0.717, 1.165) is 35.8 Å². The van der Waals surface area contributed by atoms with Gasteiger partial charge >= 0.3 is 0 Å². The van der Waals surface area contributed by atoms with Gasteiger partial charge in [0.15, 0.2) is 5.13 Å². The van der Waals surface area contributed by atoms with Gasteiger partial charge in [0, 0.05) is 0 Å². The molecule has 0 aliphatic heterocycles. The molecular formula is C23H30N3OS+. The zero-order chi connectivity index (χ0) is 20.1. The lowest BCUT2D eigenvalue weighted by atomic mass is 10.1. The lowest BCUT2D eigenvalue weighted by Crippen LogP contribution is -3.12. The topological polar surface area (TPSA) is 37.6 Å². The average molecular weight is 397 g/mol. The highest BCUT2D eigenvalue weighted by Crippen LogP contribution is 2.32. The summed E-state index contributed by atoms with van der Waals surface area (Å²) in [7, 11) is 0. The van der Waals surface area contributed by atoms with Gasteiger partial charge < -0.3 is 4.90 Å². The van der Waals surface area contributed by atoms with Gasteiger partial charge in [-0.05, 0) is 50.5 Å². The van der Waals surface area contributed by atoms with E-state index >= 15 is 0 Å². The van der Waals surface area contributed by atoms with E-state index in [2.05, 4.69) is 39.8 Å². The summed E-state index contributed by atoms with van der Waals surface area (Å²) >= 11 is 1.63. The molecule has 1 N–H and O–H groups in total. The highest BCUT2D eigenvalue weighted by Gasteiger charge is 2.22. The van der Waals surface area contributed by atoms with Crippen LogP contribution < -0.4 is 9.80 Å². The molecule has 0 aliphatic rings. The normalized spacial score (nSPS) is 11.3. The minimum absolute atomic E-state index is 0.117. The molecule has 0 saturated carbocycles. The second kappa shape index (κ2) is 9.30. The van der Waals surface area contributed by atoms with E-state index in [1.165, 1.54) is 20.7 Å². The van der Waals surface area contributed by atoms with Crippen molar-refractivity contribution in [3.63, 3.8) is 0 Å². The third-order valence-electron chi connectivity index (χ3n) is 5.23. The lowest BCUT2D eigenvalue weighted by Gasteiger charge is -2.23. The lowest BCUT2D eigenvalue weighted by molar-refractivity contribution is -0.894. The molecule has 0 aliphatic carbocycles. The molecule has 1 aromatic heterocycles. The molecule has 0 fully saturated rings. The number of anilines is 1. The molecule has 0 bridgehead atoms. The first kappa shape index (κ1) is 20.5. The van der Waals surface area contributed by atoms with Gasteiger partial charge in [-0.1, -0.05) is 47.7 Å². The number of nitrogens with zero attached hydrogens (tertiary/aromatic N) is 2. The fourth-order valence-electron chi connectivity index (χ4n) is 3.55. The number of fused-ring (bicyclic) bond motifs is 1. The van der Waals surface area contributed by atoms with Crippen molar-refractivity contribution in [2.75, 3.05) is 31.1 Å². The van der Waals surface area contributed by atoms with Crippen LogP contribution >= 0.6 is 11.3 Å². The Hall–Kier alpha value is -2.24. The van der Waals surface area contributed by atoms with Crippen LogP contribution in [0.25, 0.3) is 10.2 Å². The van der Waals surface area contributed by atoms with Gasteiger partial charge in [0.1, 0.15) is 0 Å². The second-order valence-electron chi connectivity index (χ2n) is 7.34. The standard InChI is InChI=1S/C23H29N3OS/c1-5-25(6-2)12-13-26(21(27)16-19-10-8-7-9-11-19)23-24-20-15-17(3)14-18(4)22(20)28-23/h7-11,14-15H,5-6,12-13,16H2,1-4H3/p+1. The molecule has 3 aromatic rings. The summed E-state index contributed by atoms with van der Waals surface area (Å²) in [6.45, 7) is 12.4. The third kappa shape index (κ3) is 4.78. The van der Waals surface area contributed by atoms with Crippen LogP contribution in [0.3, 0.4) is 0 Å². The monoisotopic (exact) mass is 396 g/mol. The number of likely N-dealkylation sites (N-methyl/N-ethyl adjacent to an activating group) is 1. The van der Waals surface area contributed by atoms with Gasteiger partial charge in [-0.15, -0.1) is 0 Å². The van der Waals surface area contributed by atoms with Crippen molar-refractivity contribution in [3.8, 4) is 0 Å². The van der Waals surface area contributed by atoms with Crippen LogP contribution in [0, 0.1) is 13.8 Å². The molecule has 4 nitrogen and oxygen atoms in total. The zero-order valence-electron chi connectivity index (χ0n) is 17.3. The molecular weight excluding hydrogens is 366 g/mol. The molecule has 0 radical (unpaired) electrons. The first-order valence-electron chi connectivity index (χ1n) is 10.1. The molecule has 0 spiro atoms. The van der Waals surface area contributed by atoms with Crippen molar-refractivity contribution < 1.29 is 9.69 Å². The average Bonchev–Trinajstić information content (AvgIpc) is 3.10. The van der Waals surface area contributed by atoms with Crippen LogP contribution in [0.15, 0.2) is 42.5 Å². The maximum absolute atomic E-state index is 13.2. The molecule has 0 atom stereocenters. The molecule has 148 valence electrons. The van der Waals surface area contributed by atoms with Crippen LogP contribution in [0.1, 0.15) is 30.5 Å². The first-order chi connectivity index (χ1) is 13.5. The van der Waals surface area contributed by atoms with Crippen molar-refractivity contribution in [2.24, 2.45) is 0 Å². The number of carbonyl (C=O) groups excluding carboxylic acids is 1. The third-order valence-corrected chi connectivity index (χ3v) is 6.46. The molecule has 2 aromatic carbocycles. The van der Waals surface area contributed by atoms with Gasteiger partial charge in [0.25, 0.3) is 0 Å². The predicted molar refractivity (Wildman–Crippen MR) is 119 cm³/mol. The highest BCUT2D eigenvalue weighted by molar-refractivity contribution is 7.22. The number of aromatic nitrogens is 1. The van der Waals surface area contributed by atoms with E-state index in [4.69, 9.17) is 4.98 Å². The zero-order valence-corrected chi connectivity index (χ0v) is 18.1. The SMILES string of the molecule is CC[NH+](CC)CCN(C(=O)Cc1ccccc1)c1nc2cc(C)cc(C)c2s1. The van der Waals surface area contributed by atoms with E-state index in [1.54, 1.807) is 11.3 Å². The van der Waals surface area contributed by atoms with Crippen molar-refractivity contribution in [3.05, 3.63) is 59.2 Å². The summed E-state index contributed by atoms with van der Waals surface area (Å²) in [5.74, 6) is 0.117. The Kier molecular flexibility index (Phi) is 6.81. The van der Waals surface area contributed by atoms with Crippen molar-refractivity contribution in [1.29, 1.82) is 0 Å². The molecule has 1 heterocycles. The molecule has 0 unspecified atom stereocenters. The van der Waals surface area contributed by atoms with E-state index in [-0.39, 0.29) is 5.91 Å². The Balaban J connectivity index is 1.91. The summed E-state index contributed by atoms with van der Waals surface area (Å²) in [4.78, 5) is 21.4. The Bertz CT molecular complexity index is 932. The Morgan fingerprint density at radius 1 is 1.11 bits per heavy atom. The predicted octanol–water partition coefficient (Wildman–Crippen LogP) is 3.41. The fraction of sp³-hybridized carbons (Fsp3) is 0.391. The van der Waals surface area contributed by atoms with Crippen molar-refractivity contribution in [2.45, 2.75) is 34.1 Å². The summed E-state index contributed by atoms with van der Waals surface area (Å²) in [6.07, 6.45) is 0.405. The number of rotatable bonds is 8. The second-order valence-corrected chi connectivity index (χ2v) is 8.32. The maximum Gasteiger partial charge on any atom is 0.233 e. The van der Waals surface area contributed by atoms with E-state index in [0.29, 0.717) is 13.0 Å². The summed E-state index contributed by atoms with van der Waals surface area (Å²) < 4.78 is 1.17. The molecule has 1 amide bonds. The van der Waals surface area contributed by atoms with Crippen LogP contribution in [0.4, 0.5) is 5.13 Å². The summed E-state index contributed by atoms with van der Waals surface area (Å²) in [5, 5.41) is 0.816. The maximum atomic E-state index is 13.2. The number of aryl methyl sites for hydroxylation is 2. The number of hydrogen-bond acceptors (Lipinski definition) is 3. The number of quaternary nitrogens is 1. The molecule has 3 rings (SSSR count). The molecule has 0 saturated heterocycles. The van der Waals surface area contributed by atoms with Crippen LogP contribution in [0.5, 0.6) is 0 Å². The smallest absolute Gasteiger partial charge is 0.233 e. The van der Waals surface area contributed by atoms with Crippen LogP contribution in [-0.4, -0.2) is 37.1 Å². The highest BCUT2D eigenvalue weighted by atomic mass is 32.1. The molecule has 5 heteroatoms. The van der Waals surface area contributed by atoms with Gasteiger partial charge in [0.05, 0.1) is 42.8 Å². The summed E-state index contributed by atoms with van der Waals surface area (Å²) in [5.41, 5.74) is 4.46. The van der Waals surface area contributed by atoms with Crippen LogP contribution in [0.2, 0.25) is 0 Å². The largest absolute Gasteiger partial charge is 0.334 e. The number of benzene rings is 2. The number of nitrogens with one attached hydrogen (secondary N) is 1. The van der Waals surface area contributed by atoms with Crippen molar-refractivity contribution >= 4 is 32.6 Å². The van der Waals surface area contributed by atoms with Gasteiger partial charge in [0.2, 0.25) is 5.91 Å². The van der Waals surface area contributed by atoms with E-state index in [1.807, 2.05) is 35.2 Å².